The number of carbonyl (C=O) groups is 2. The molecule has 0 spiro atoms. The van der Waals surface area contributed by atoms with Crippen LogP contribution in [-0.4, -0.2) is 32.0 Å². The average molecular weight is 274 g/mol. The minimum atomic E-state index is -0.860. The molecule has 1 amide bonds. The average Bonchev–Trinajstić information content (AvgIpc) is 2.84. The van der Waals surface area contributed by atoms with Crippen molar-refractivity contribution in [1.29, 1.82) is 0 Å². The van der Waals surface area contributed by atoms with E-state index < -0.39 is 11.9 Å². The zero-order chi connectivity index (χ0) is 14.5. The van der Waals surface area contributed by atoms with Crippen molar-refractivity contribution < 1.29 is 14.7 Å². The smallest absolute Gasteiger partial charge is 0.303 e. The molecule has 20 heavy (non-hydrogen) atoms. The largest absolute Gasteiger partial charge is 0.481 e. The van der Waals surface area contributed by atoms with E-state index >= 15 is 0 Å². The Morgan fingerprint density at radius 1 is 1.25 bits per heavy atom. The van der Waals surface area contributed by atoms with Gasteiger partial charge in [-0.15, -0.1) is 5.10 Å². The Kier molecular flexibility index (Phi) is 4.09. The summed E-state index contributed by atoms with van der Waals surface area (Å²) < 4.78 is 1.62. The van der Waals surface area contributed by atoms with Gasteiger partial charge in [0.1, 0.15) is 0 Å². The summed E-state index contributed by atoms with van der Waals surface area (Å²) in [6, 6.07) is 6.89. The van der Waals surface area contributed by atoms with Gasteiger partial charge in [-0.3, -0.25) is 9.59 Å². The van der Waals surface area contributed by atoms with Crippen molar-refractivity contribution in [3.05, 3.63) is 47.3 Å². The molecule has 2 rings (SSSR count). The fourth-order valence-electron chi connectivity index (χ4n) is 1.73. The number of benzene rings is 1. The third kappa shape index (κ3) is 3.64. The molecule has 0 atom stereocenters. The lowest BCUT2D eigenvalue weighted by Crippen LogP contribution is -2.10. The fraction of sp³-hybridized carbons (Fsp3) is 0.231. The van der Waals surface area contributed by atoms with E-state index in [-0.39, 0.29) is 6.42 Å². The van der Waals surface area contributed by atoms with Gasteiger partial charge in [0.2, 0.25) is 5.91 Å². The van der Waals surface area contributed by atoms with Gasteiger partial charge < -0.3 is 10.8 Å². The third-order valence-electron chi connectivity index (χ3n) is 2.76. The maximum Gasteiger partial charge on any atom is 0.303 e. The molecule has 0 radical (unpaired) electrons. The first-order valence-corrected chi connectivity index (χ1v) is 6.04. The molecule has 0 aliphatic heterocycles. The molecule has 7 heteroatoms. The van der Waals surface area contributed by atoms with Crippen LogP contribution in [0.3, 0.4) is 0 Å². The highest BCUT2D eigenvalue weighted by Crippen LogP contribution is 2.06. The number of carbonyl (C=O) groups excluding carboxylic acids is 1. The third-order valence-corrected chi connectivity index (χ3v) is 2.76. The van der Waals surface area contributed by atoms with Gasteiger partial charge in [0, 0.05) is 18.2 Å². The van der Waals surface area contributed by atoms with Crippen LogP contribution in [0.5, 0.6) is 0 Å². The predicted octanol–water partition coefficient (Wildman–Crippen LogP) is 0.442. The lowest BCUT2D eigenvalue weighted by molar-refractivity contribution is -0.136. The van der Waals surface area contributed by atoms with Crippen molar-refractivity contribution in [1.82, 2.24) is 15.0 Å². The number of amides is 1. The minimum absolute atomic E-state index is 0.0337. The first-order chi connectivity index (χ1) is 9.54. The van der Waals surface area contributed by atoms with E-state index in [4.69, 9.17) is 10.8 Å². The van der Waals surface area contributed by atoms with Crippen LogP contribution >= 0.6 is 0 Å². The second kappa shape index (κ2) is 5.96. The van der Waals surface area contributed by atoms with Gasteiger partial charge in [0.15, 0.2) is 0 Å². The van der Waals surface area contributed by atoms with Gasteiger partial charge in [-0.05, 0) is 17.7 Å². The second-order valence-corrected chi connectivity index (χ2v) is 4.36. The molecule has 0 saturated heterocycles. The van der Waals surface area contributed by atoms with Gasteiger partial charge in [-0.25, -0.2) is 4.68 Å². The number of aryl methyl sites for hydroxylation is 1. The molecule has 1 aromatic carbocycles. The zero-order valence-corrected chi connectivity index (χ0v) is 10.7. The highest BCUT2D eigenvalue weighted by Gasteiger charge is 2.05. The number of aliphatic carboxylic acids is 1. The lowest BCUT2D eigenvalue weighted by Gasteiger charge is -2.01. The molecule has 3 N–H and O–H groups in total. The van der Waals surface area contributed by atoms with E-state index in [0.717, 1.165) is 5.56 Å². The molecule has 0 bridgehead atoms. The van der Waals surface area contributed by atoms with E-state index in [9.17, 15) is 9.59 Å². The van der Waals surface area contributed by atoms with Gasteiger partial charge >= 0.3 is 5.97 Å². The SMILES string of the molecule is NC(=O)c1ccc(Cn2cc(CCC(=O)O)nn2)cc1. The number of aromatic nitrogens is 3. The van der Waals surface area contributed by atoms with E-state index in [1.54, 1.807) is 35.1 Å². The summed E-state index contributed by atoms with van der Waals surface area (Å²) in [5.41, 5.74) is 7.21. The number of nitrogens with zero attached hydrogens (tertiary/aromatic N) is 3. The monoisotopic (exact) mass is 274 g/mol. The van der Waals surface area contributed by atoms with E-state index in [1.165, 1.54) is 0 Å². The Bertz CT molecular complexity index is 619. The van der Waals surface area contributed by atoms with Gasteiger partial charge in [0.05, 0.1) is 18.7 Å². The first kappa shape index (κ1) is 13.7. The van der Waals surface area contributed by atoms with Crippen LogP contribution < -0.4 is 5.73 Å². The zero-order valence-electron chi connectivity index (χ0n) is 10.7. The Hall–Kier alpha value is -2.70. The Labute approximate surface area is 115 Å². The molecule has 0 fully saturated rings. The number of primary amides is 1. The van der Waals surface area contributed by atoms with Crippen molar-refractivity contribution >= 4 is 11.9 Å². The molecular weight excluding hydrogens is 260 g/mol. The number of nitrogens with two attached hydrogens (primary N) is 1. The molecule has 1 heterocycles. The normalized spacial score (nSPS) is 10.4. The molecule has 1 aromatic heterocycles. The van der Waals surface area contributed by atoms with Crippen molar-refractivity contribution in [3.8, 4) is 0 Å². The highest BCUT2D eigenvalue weighted by atomic mass is 16.4. The quantitative estimate of drug-likeness (QED) is 0.794. The van der Waals surface area contributed by atoms with Crippen LogP contribution in [0.4, 0.5) is 0 Å². The van der Waals surface area contributed by atoms with Gasteiger partial charge in [-0.1, -0.05) is 17.3 Å². The summed E-state index contributed by atoms with van der Waals surface area (Å²) in [7, 11) is 0. The van der Waals surface area contributed by atoms with Crippen LogP contribution in [0.25, 0.3) is 0 Å². The van der Waals surface area contributed by atoms with E-state index in [2.05, 4.69) is 10.3 Å². The summed E-state index contributed by atoms with van der Waals surface area (Å²) in [5.74, 6) is -1.32. The molecular formula is C13H14N4O3. The van der Waals surface area contributed by atoms with Crippen LogP contribution in [0.2, 0.25) is 0 Å². The van der Waals surface area contributed by atoms with Crippen molar-refractivity contribution in [2.24, 2.45) is 5.73 Å². The van der Waals surface area contributed by atoms with Crippen molar-refractivity contribution in [2.75, 3.05) is 0 Å². The Morgan fingerprint density at radius 2 is 1.95 bits per heavy atom. The highest BCUT2D eigenvalue weighted by molar-refractivity contribution is 5.92. The van der Waals surface area contributed by atoms with Crippen LogP contribution in [0.15, 0.2) is 30.5 Å². The van der Waals surface area contributed by atoms with Crippen LogP contribution in [0, 0.1) is 0 Å². The summed E-state index contributed by atoms with van der Waals surface area (Å²) in [6.45, 7) is 0.499. The molecule has 0 saturated carbocycles. The van der Waals surface area contributed by atoms with Crippen molar-refractivity contribution in [2.45, 2.75) is 19.4 Å². The van der Waals surface area contributed by atoms with E-state index in [1.807, 2.05) is 0 Å². The minimum Gasteiger partial charge on any atom is -0.481 e. The number of carboxylic acids is 1. The molecule has 104 valence electrons. The number of hydrogen-bond donors (Lipinski definition) is 2. The summed E-state index contributed by atoms with van der Waals surface area (Å²) in [4.78, 5) is 21.4. The van der Waals surface area contributed by atoms with Gasteiger partial charge in [-0.2, -0.15) is 0 Å². The van der Waals surface area contributed by atoms with Crippen LogP contribution in [0.1, 0.15) is 28.0 Å². The Morgan fingerprint density at radius 3 is 2.55 bits per heavy atom. The number of rotatable bonds is 6. The maximum absolute atomic E-state index is 10.9. The summed E-state index contributed by atoms with van der Waals surface area (Å²) in [5, 5.41) is 16.4. The lowest BCUT2D eigenvalue weighted by atomic mass is 10.1. The molecule has 0 aliphatic rings. The summed E-state index contributed by atoms with van der Waals surface area (Å²) >= 11 is 0. The number of hydrogen-bond acceptors (Lipinski definition) is 4. The van der Waals surface area contributed by atoms with Crippen molar-refractivity contribution in [3.63, 3.8) is 0 Å². The fourth-order valence-corrected chi connectivity index (χ4v) is 1.73. The Balaban J connectivity index is 1.99. The van der Waals surface area contributed by atoms with Crippen LogP contribution in [-0.2, 0) is 17.8 Å². The van der Waals surface area contributed by atoms with Gasteiger partial charge in [0.25, 0.3) is 0 Å². The molecule has 0 unspecified atom stereocenters. The topological polar surface area (TPSA) is 111 Å². The first-order valence-electron chi connectivity index (χ1n) is 6.04. The summed E-state index contributed by atoms with van der Waals surface area (Å²) in [6.07, 6.45) is 2.10. The van der Waals surface area contributed by atoms with E-state index in [0.29, 0.717) is 24.2 Å². The predicted molar refractivity (Wildman–Crippen MR) is 70.0 cm³/mol. The second-order valence-electron chi connectivity index (χ2n) is 4.36. The molecule has 2 aromatic rings. The number of carboxylic acid groups (broad SMARTS) is 1. The molecule has 0 aliphatic carbocycles. The standard InChI is InChI=1S/C13H14N4O3/c14-13(20)10-3-1-9(2-4-10)7-17-8-11(15-16-17)5-6-12(18)19/h1-4,8H,5-7H2,(H2,14,20)(H,18,19). The molecule has 7 nitrogen and oxygen atoms in total. The maximum atomic E-state index is 10.9.